The quantitative estimate of drug-likeness (QED) is 0.713. The van der Waals surface area contributed by atoms with Gasteiger partial charge in [-0.25, -0.2) is 0 Å². The summed E-state index contributed by atoms with van der Waals surface area (Å²) in [4.78, 5) is 12.2. The molecule has 0 spiro atoms. The van der Waals surface area contributed by atoms with E-state index in [4.69, 9.17) is 0 Å². The van der Waals surface area contributed by atoms with Gasteiger partial charge in [0.1, 0.15) is 0 Å². The fraction of sp³-hybridized carbons (Fsp3) is 0.500. The molecule has 2 atom stereocenters. The number of carbonyl (C=O) groups is 1. The van der Waals surface area contributed by atoms with Crippen molar-refractivity contribution in [2.75, 3.05) is 0 Å². The Balaban J connectivity index is 2.35. The van der Waals surface area contributed by atoms with Crippen molar-refractivity contribution >= 4 is 21.7 Å². The first-order valence-electron chi connectivity index (χ1n) is 5.84. The highest BCUT2D eigenvalue weighted by molar-refractivity contribution is 9.10. The largest absolute Gasteiger partial charge is 0.298 e. The SMILES string of the molecule is Cc1ccc(C)c(C2CCCC(Br)C2=O)c1. The van der Waals surface area contributed by atoms with Crippen molar-refractivity contribution in [2.24, 2.45) is 0 Å². The van der Waals surface area contributed by atoms with E-state index in [2.05, 4.69) is 48.0 Å². The van der Waals surface area contributed by atoms with E-state index in [1.165, 1.54) is 16.7 Å². The van der Waals surface area contributed by atoms with Crippen LogP contribution < -0.4 is 0 Å². The molecule has 1 aromatic carbocycles. The van der Waals surface area contributed by atoms with Gasteiger partial charge in [0.15, 0.2) is 5.78 Å². The Hall–Kier alpha value is -0.630. The van der Waals surface area contributed by atoms with E-state index in [-0.39, 0.29) is 10.7 Å². The average molecular weight is 281 g/mol. The number of carbonyl (C=O) groups excluding carboxylic acids is 1. The molecule has 0 radical (unpaired) electrons. The van der Waals surface area contributed by atoms with Crippen LogP contribution in [-0.4, -0.2) is 10.6 Å². The van der Waals surface area contributed by atoms with Gasteiger partial charge in [0, 0.05) is 5.92 Å². The monoisotopic (exact) mass is 280 g/mol. The molecule has 0 aromatic heterocycles. The van der Waals surface area contributed by atoms with E-state index in [9.17, 15) is 4.79 Å². The first-order chi connectivity index (χ1) is 7.59. The topological polar surface area (TPSA) is 17.1 Å². The summed E-state index contributed by atoms with van der Waals surface area (Å²) in [6.07, 6.45) is 3.13. The lowest BCUT2D eigenvalue weighted by Gasteiger charge is -2.26. The minimum atomic E-state index is 0.0613. The van der Waals surface area contributed by atoms with Crippen LogP contribution in [0.5, 0.6) is 0 Å². The molecule has 1 aliphatic carbocycles. The van der Waals surface area contributed by atoms with Crippen LogP contribution in [0.3, 0.4) is 0 Å². The summed E-state index contributed by atoms with van der Waals surface area (Å²) < 4.78 is 0. The number of rotatable bonds is 1. The van der Waals surface area contributed by atoms with Crippen LogP contribution in [0, 0.1) is 13.8 Å². The maximum atomic E-state index is 12.1. The molecular weight excluding hydrogens is 264 g/mol. The van der Waals surface area contributed by atoms with Gasteiger partial charge in [-0.1, -0.05) is 46.1 Å². The molecule has 1 aromatic rings. The maximum absolute atomic E-state index is 12.1. The number of benzene rings is 1. The summed E-state index contributed by atoms with van der Waals surface area (Å²) in [5.41, 5.74) is 3.71. The predicted molar refractivity (Wildman–Crippen MR) is 70.2 cm³/mol. The van der Waals surface area contributed by atoms with Crippen LogP contribution in [0.4, 0.5) is 0 Å². The molecule has 2 unspecified atom stereocenters. The lowest BCUT2D eigenvalue weighted by molar-refractivity contribution is -0.121. The van der Waals surface area contributed by atoms with Gasteiger partial charge in [0.2, 0.25) is 0 Å². The average Bonchev–Trinajstić information content (AvgIpc) is 2.26. The molecule has 0 saturated heterocycles. The third kappa shape index (κ3) is 2.22. The van der Waals surface area contributed by atoms with E-state index in [1.807, 2.05) is 0 Å². The highest BCUT2D eigenvalue weighted by Gasteiger charge is 2.31. The van der Waals surface area contributed by atoms with Crippen LogP contribution in [0.25, 0.3) is 0 Å². The summed E-state index contributed by atoms with van der Waals surface area (Å²) in [5.74, 6) is 0.470. The first-order valence-corrected chi connectivity index (χ1v) is 6.76. The number of hydrogen-bond donors (Lipinski definition) is 0. The summed E-state index contributed by atoms with van der Waals surface area (Å²) >= 11 is 3.48. The summed E-state index contributed by atoms with van der Waals surface area (Å²) in [7, 11) is 0. The van der Waals surface area contributed by atoms with Gasteiger partial charge in [-0.3, -0.25) is 4.79 Å². The van der Waals surface area contributed by atoms with Gasteiger partial charge in [-0.2, -0.15) is 0 Å². The van der Waals surface area contributed by atoms with Crippen LogP contribution in [0.1, 0.15) is 41.9 Å². The smallest absolute Gasteiger partial charge is 0.153 e. The van der Waals surface area contributed by atoms with Crippen LogP contribution in [-0.2, 0) is 4.79 Å². The van der Waals surface area contributed by atoms with Gasteiger partial charge < -0.3 is 0 Å². The zero-order chi connectivity index (χ0) is 11.7. The van der Waals surface area contributed by atoms with Gasteiger partial charge in [-0.05, 0) is 37.8 Å². The number of alkyl halides is 1. The molecule has 2 rings (SSSR count). The number of halogens is 1. The molecule has 0 bridgehead atoms. The minimum absolute atomic E-state index is 0.0613. The van der Waals surface area contributed by atoms with Crippen LogP contribution in [0.2, 0.25) is 0 Å². The lowest BCUT2D eigenvalue weighted by atomic mass is 9.81. The Morgan fingerprint density at radius 1 is 1.25 bits per heavy atom. The molecule has 0 aliphatic heterocycles. The van der Waals surface area contributed by atoms with Crippen molar-refractivity contribution in [1.82, 2.24) is 0 Å². The molecule has 1 fully saturated rings. The third-order valence-electron chi connectivity index (χ3n) is 3.41. The molecule has 2 heteroatoms. The Morgan fingerprint density at radius 3 is 2.75 bits per heavy atom. The highest BCUT2D eigenvalue weighted by atomic mass is 79.9. The Labute approximate surface area is 105 Å². The van der Waals surface area contributed by atoms with Crippen molar-refractivity contribution in [3.63, 3.8) is 0 Å². The first kappa shape index (κ1) is 11.8. The zero-order valence-corrected chi connectivity index (χ0v) is 11.4. The van der Waals surface area contributed by atoms with Crippen molar-refractivity contribution in [3.8, 4) is 0 Å². The Morgan fingerprint density at radius 2 is 2.00 bits per heavy atom. The molecule has 0 heterocycles. The minimum Gasteiger partial charge on any atom is -0.298 e. The Kier molecular flexibility index (Phi) is 3.48. The van der Waals surface area contributed by atoms with Crippen LogP contribution in [0.15, 0.2) is 18.2 Å². The number of Topliss-reactive ketones (excluding diaryl/α,β-unsaturated/α-hetero) is 1. The van der Waals surface area contributed by atoms with E-state index >= 15 is 0 Å². The molecule has 0 amide bonds. The van der Waals surface area contributed by atoms with Crippen molar-refractivity contribution < 1.29 is 4.79 Å². The molecule has 1 saturated carbocycles. The summed E-state index contributed by atoms with van der Waals surface area (Å²) in [6.45, 7) is 4.18. The molecule has 1 aliphatic rings. The Bertz CT molecular complexity index is 411. The lowest BCUT2D eigenvalue weighted by Crippen LogP contribution is -2.27. The normalized spacial score (nSPS) is 25.8. The highest BCUT2D eigenvalue weighted by Crippen LogP contribution is 2.34. The van der Waals surface area contributed by atoms with Gasteiger partial charge >= 0.3 is 0 Å². The fourth-order valence-electron chi connectivity index (χ4n) is 2.45. The second-order valence-corrected chi connectivity index (χ2v) is 5.82. The standard InChI is InChI=1S/C14H17BrO/c1-9-6-7-10(2)12(8-9)11-4-3-5-13(15)14(11)16/h6-8,11,13H,3-5H2,1-2H3. The molecule has 1 nitrogen and oxygen atoms in total. The number of ketones is 1. The zero-order valence-electron chi connectivity index (χ0n) is 9.79. The summed E-state index contributed by atoms with van der Waals surface area (Å²) in [5, 5.41) is 0. The van der Waals surface area contributed by atoms with E-state index in [0.717, 1.165) is 19.3 Å². The van der Waals surface area contributed by atoms with E-state index < -0.39 is 0 Å². The molecule has 0 N–H and O–H groups in total. The summed E-state index contributed by atoms with van der Waals surface area (Å²) in [6, 6.07) is 6.40. The molecular formula is C14H17BrO. The van der Waals surface area contributed by atoms with Crippen molar-refractivity contribution in [2.45, 2.75) is 43.9 Å². The molecule has 86 valence electrons. The van der Waals surface area contributed by atoms with Gasteiger partial charge in [0.25, 0.3) is 0 Å². The molecule has 16 heavy (non-hydrogen) atoms. The number of hydrogen-bond acceptors (Lipinski definition) is 1. The fourth-order valence-corrected chi connectivity index (χ4v) is 3.09. The van der Waals surface area contributed by atoms with E-state index in [1.54, 1.807) is 0 Å². The van der Waals surface area contributed by atoms with E-state index in [0.29, 0.717) is 5.78 Å². The van der Waals surface area contributed by atoms with Crippen LogP contribution >= 0.6 is 15.9 Å². The maximum Gasteiger partial charge on any atom is 0.153 e. The van der Waals surface area contributed by atoms with Crippen molar-refractivity contribution in [3.05, 3.63) is 34.9 Å². The second-order valence-electron chi connectivity index (χ2n) is 4.71. The number of aryl methyl sites for hydroxylation is 2. The van der Waals surface area contributed by atoms with Crippen molar-refractivity contribution in [1.29, 1.82) is 0 Å². The predicted octanol–water partition coefficient (Wildman–Crippen LogP) is 3.90. The van der Waals surface area contributed by atoms with Gasteiger partial charge in [0.05, 0.1) is 4.83 Å². The van der Waals surface area contributed by atoms with Gasteiger partial charge in [-0.15, -0.1) is 0 Å². The third-order valence-corrected chi connectivity index (χ3v) is 4.32. The second kappa shape index (κ2) is 4.70.